The molecule has 1 fully saturated rings. The monoisotopic (exact) mass is 390 g/mol. The highest BCUT2D eigenvalue weighted by Crippen LogP contribution is 2.39. The SMILES string of the molecule is Cc1cc(-c2c(N3CC(F)C3)ccn3nc(C(F)(F)F)nc23)cc2cn[nH]c12. The Morgan fingerprint density at radius 3 is 2.71 bits per heavy atom. The molecule has 0 saturated carbocycles. The van der Waals surface area contributed by atoms with E-state index in [9.17, 15) is 17.6 Å². The number of nitrogens with one attached hydrogen (secondary N) is 1. The quantitative estimate of drug-likeness (QED) is 0.530. The van der Waals surface area contributed by atoms with Gasteiger partial charge in [0, 0.05) is 17.1 Å². The van der Waals surface area contributed by atoms with Crippen LogP contribution in [0.2, 0.25) is 0 Å². The Labute approximate surface area is 155 Å². The molecule has 4 heterocycles. The van der Waals surface area contributed by atoms with Crippen molar-refractivity contribution in [3.8, 4) is 11.1 Å². The van der Waals surface area contributed by atoms with Crippen molar-refractivity contribution in [3.05, 3.63) is 42.0 Å². The summed E-state index contributed by atoms with van der Waals surface area (Å²) in [5.74, 6) is -1.21. The smallest absolute Gasteiger partial charge is 0.365 e. The summed E-state index contributed by atoms with van der Waals surface area (Å²) in [6.45, 7) is 2.27. The number of hydrogen-bond acceptors (Lipinski definition) is 4. The van der Waals surface area contributed by atoms with Crippen LogP contribution < -0.4 is 4.90 Å². The molecule has 6 nitrogen and oxygen atoms in total. The van der Waals surface area contributed by atoms with Crippen molar-refractivity contribution in [1.82, 2.24) is 24.8 Å². The second-order valence-corrected chi connectivity index (χ2v) is 6.91. The number of pyridine rings is 1. The molecule has 0 bridgehead atoms. The number of aromatic amines is 1. The first-order chi connectivity index (χ1) is 13.3. The number of aromatic nitrogens is 5. The van der Waals surface area contributed by atoms with E-state index < -0.39 is 18.2 Å². The van der Waals surface area contributed by atoms with Crippen LogP contribution in [0.15, 0.2) is 30.6 Å². The van der Waals surface area contributed by atoms with Gasteiger partial charge in [-0.15, -0.1) is 5.10 Å². The average Bonchev–Trinajstić information content (AvgIpc) is 3.24. The average molecular weight is 390 g/mol. The van der Waals surface area contributed by atoms with E-state index >= 15 is 0 Å². The molecule has 1 aromatic carbocycles. The van der Waals surface area contributed by atoms with Gasteiger partial charge in [0.05, 0.1) is 30.5 Å². The molecule has 0 unspecified atom stereocenters. The minimum absolute atomic E-state index is 0.0781. The highest BCUT2D eigenvalue weighted by molar-refractivity contribution is 5.95. The third-order valence-corrected chi connectivity index (χ3v) is 4.95. The fraction of sp³-hybridized carbons (Fsp3) is 0.278. The zero-order valence-corrected chi connectivity index (χ0v) is 14.6. The molecule has 3 aromatic heterocycles. The lowest BCUT2D eigenvalue weighted by Gasteiger charge is -2.37. The van der Waals surface area contributed by atoms with Gasteiger partial charge in [-0.2, -0.15) is 18.3 Å². The number of benzene rings is 1. The summed E-state index contributed by atoms with van der Waals surface area (Å²) in [5, 5.41) is 11.3. The molecule has 1 aliphatic rings. The molecule has 0 radical (unpaired) electrons. The number of alkyl halides is 4. The maximum Gasteiger partial charge on any atom is 0.453 e. The van der Waals surface area contributed by atoms with E-state index in [4.69, 9.17) is 0 Å². The number of anilines is 1. The van der Waals surface area contributed by atoms with E-state index in [1.165, 1.54) is 6.20 Å². The van der Waals surface area contributed by atoms with E-state index in [0.29, 0.717) is 16.8 Å². The van der Waals surface area contributed by atoms with Crippen molar-refractivity contribution in [3.63, 3.8) is 0 Å². The van der Waals surface area contributed by atoms with Crippen LogP contribution in [0.5, 0.6) is 0 Å². The fourth-order valence-electron chi connectivity index (χ4n) is 3.60. The first kappa shape index (κ1) is 17.0. The van der Waals surface area contributed by atoms with Crippen LogP contribution in [-0.2, 0) is 6.18 Å². The minimum atomic E-state index is -4.66. The summed E-state index contributed by atoms with van der Waals surface area (Å²) in [4.78, 5) is 5.55. The molecule has 10 heteroatoms. The normalized spacial score (nSPS) is 15.5. The van der Waals surface area contributed by atoms with Gasteiger partial charge in [0.25, 0.3) is 5.82 Å². The number of aryl methyl sites for hydroxylation is 1. The molecule has 0 atom stereocenters. The predicted octanol–water partition coefficient (Wildman–Crippen LogP) is 3.76. The molecule has 5 rings (SSSR count). The van der Waals surface area contributed by atoms with Crippen LogP contribution in [0, 0.1) is 6.92 Å². The molecule has 1 aliphatic heterocycles. The van der Waals surface area contributed by atoms with Gasteiger partial charge in [-0.1, -0.05) is 0 Å². The third-order valence-electron chi connectivity index (χ3n) is 4.95. The fourth-order valence-corrected chi connectivity index (χ4v) is 3.60. The molecular weight excluding hydrogens is 376 g/mol. The lowest BCUT2D eigenvalue weighted by Crippen LogP contribution is -2.48. The zero-order chi connectivity index (χ0) is 19.6. The first-order valence-corrected chi connectivity index (χ1v) is 8.61. The highest BCUT2D eigenvalue weighted by Gasteiger charge is 2.37. The summed E-state index contributed by atoms with van der Waals surface area (Å²) in [7, 11) is 0. The Bertz CT molecular complexity index is 1200. The summed E-state index contributed by atoms with van der Waals surface area (Å²) < 4.78 is 54.1. The molecular formula is C18H14F4N6. The summed E-state index contributed by atoms with van der Waals surface area (Å²) in [5.41, 5.74) is 3.61. The van der Waals surface area contributed by atoms with Crippen molar-refractivity contribution in [1.29, 1.82) is 0 Å². The van der Waals surface area contributed by atoms with Gasteiger partial charge >= 0.3 is 6.18 Å². The van der Waals surface area contributed by atoms with Crippen LogP contribution >= 0.6 is 0 Å². The maximum atomic E-state index is 13.5. The Balaban J connectivity index is 1.79. The lowest BCUT2D eigenvalue weighted by atomic mass is 9.98. The zero-order valence-electron chi connectivity index (χ0n) is 14.6. The van der Waals surface area contributed by atoms with Gasteiger partial charge in [0.15, 0.2) is 5.65 Å². The largest absolute Gasteiger partial charge is 0.453 e. The summed E-state index contributed by atoms with van der Waals surface area (Å²) in [6.07, 6.45) is -2.54. The standard InChI is InChI=1S/C18H14F4N6/c1-9-4-10(5-11-6-23-25-15(9)11)14-13(27-7-12(19)8-27)2-3-28-16(14)24-17(26-28)18(20,21)22/h2-6,12H,7-8H2,1H3,(H,23,25). The number of fused-ring (bicyclic) bond motifs is 2. The van der Waals surface area contributed by atoms with Gasteiger partial charge in [-0.3, -0.25) is 5.10 Å². The first-order valence-electron chi connectivity index (χ1n) is 8.61. The van der Waals surface area contributed by atoms with Gasteiger partial charge in [0.1, 0.15) is 6.17 Å². The van der Waals surface area contributed by atoms with Crippen molar-refractivity contribution in [2.24, 2.45) is 0 Å². The Hall–Kier alpha value is -3.17. The van der Waals surface area contributed by atoms with Crippen LogP contribution in [0.25, 0.3) is 27.7 Å². The van der Waals surface area contributed by atoms with Crippen LogP contribution in [0.1, 0.15) is 11.4 Å². The summed E-state index contributed by atoms with van der Waals surface area (Å²) >= 11 is 0. The van der Waals surface area contributed by atoms with E-state index in [-0.39, 0.29) is 18.7 Å². The Morgan fingerprint density at radius 2 is 2.00 bits per heavy atom. The van der Waals surface area contributed by atoms with Crippen molar-refractivity contribution >= 4 is 22.2 Å². The highest BCUT2D eigenvalue weighted by atomic mass is 19.4. The molecule has 28 heavy (non-hydrogen) atoms. The van der Waals surface area contributed by atoms with Crippen molar-refractivity contribution in [2.75, 3.05) is 18.0 Å². The summed E-state index contributed by atoms with van der Waals surface area (Å²) in [6, 6.07) is 5.34. The maximum absolute atomic E-state index is 13.5. The molecule has 144 valence electrons. The van der Waals surface area contributed by atoms with Crippen LogP contribution in [-0.4, -0.2) is 44.1 Å². The third kappa shape index (κ3) is 2.51. The van der Waals surface area contributed by atoms with Gasteiger partial charge in [0.2, 0.25) is 0 Å². The van der Waals surface area contributed by atoms with Crippen LogP contribution in [0.3, 0.4) is 0 Å². The number of H-pyrrole nitrogens is 1. The molecule has 4 aromatic rings. The Kier molecular flexibility index (Phi) is 3.43. The lowest BCUT2D eigenvalue weighted by molar-refractivity contribution is -0.144. The number of hydrogen-bond donors (Lipinski definition) is 1. The topological polar surface area (TPSA) is 62.1 Å². The van der Waals surface area contributed by atoms with E-state index in [2.05, 4.69) is 20.3 Å². The number of nitrogens with zero attached hydrogens (tertiary/aromatic N) is 5. The molecule has 0 amide bonds. The Morgan fingerprint density at radius 1 is 1.21 bits per heavy atom. The van der Waals surface area contributed by atoms with E-state index in [1.807, 2.05) is 19.1 Å². The van der Waals surface area contributed by atoms with Gasteiger partial charge < -0.3 is 4.90 Å². The van der Waals surface area contributed by atoms with Crippen molar-refractivity contribution < 1.29 is 17.6 Å². The second-order valence-electron chi connectivity index (χ2n) is 6.91. The van der Waals surface area contributed by atoms with Crippen LogP contribution in [0.4, 0.5) is 23.2 Å². The second kappa shape index (κ2) is 5.66. The van der Waals surface area contributed by atoms with Crippen molar-refractivity contribution in [2.45, 2.75) is 19.3 Å². The molecule has 1 N–H and O–H groups in total. The van der Waals surface area contributed by atoms with Gasteiger partial charge in [-0.25, -0.2) is 13.9 Å². The predicted molar refractivity (Wildman–Crippen MR) is 94.9 cm³/mol. The van der Waals surface area contributed by atoms with E-state index in [0.717, 1.165) is 21.0 Å². The number of halogens is 4. The number of rotatable bonds is 2. The molecule has 1 saturated heterocycles. The molecule has 0 aliphatic carbocycles. The minimum Gasteiger partial charge on any atom is -0.365 e. The molecule has 0 spiro atoms. The van der Waals surface area contributed by atoms with E-state index in [1.54, 1.807) is 17.2 Å². The van der Waals surface area contributed by atoms with Gasteiger partial charge in [-0.05, 0) is 36.2 Å².